The maximum atomic E-state index is 14.1. The van der Waals surface area contributed by atoms with Gasteiger partial charge in [-0.2, -0.15) is 0 Å². The van der Waals surface area contributed by atoms with Gasteiger partial charge in [-0.05, 0) is 25.1 Å². The molecule has 5 heteroatoms. The molecule has 2 aromatic rings. The highest BCUT2D eigenvalue weighted by molar-refractivity contribution is 5.31. The average molecular weight is 248 g/mol. The lowest BCUT2D eigenvalue weighted by atomic mass is 10.0. The maximum Gasteiger partial charge on any atom is 0.128 e. The summed E-state index contributed by atoms with van der Waals surface area (Å²) in [7, 11) is 1.80. The second kappa shape index (κ2) is 5.27. The second-order valence-corrected chi connectivity index (χ2v) is 4.30. The lowest BCUT2D eigenvalue weighted by Gasteiger charge is -2.18. The summed E-state index contributed by atoms with van der Waals surface area (Å²) in [6.07, 6.45) is 1.66. The van der Waals surface area contributed by atoms with Crippen LogP contribution in [0.2, 0.25) is 0 Å². The molecule has 1 unspecified atom stereocenters. The van der Waals surface area contributed by atoms with Gasteiger partial charge in [0.1, 0.15) is 5.82 Å². The van der Waals surface area contributed by atoms with E-state index in [2.05, 4.69) is 15.6 Å². The lowest BCUT2D eigenvalue weighted by Crippen LogP contribution is -2.25. The van der Waals surface area contributed by atoms with Crippen molar-refractivity contribution >= 4 is 0 Å². The first-order valence-corrected chi connectivity index (χ1v) is 5.97. The van der Waals surface area contributed by atoms with E-state index in [-0.39, 0.29) is 11.9 Å². The topological polar surface area (TPSA) is 42.7 Å². The summed E-state index contributed by atoms with van der Waals surface area (Å²) < 4.78 is 15.7. The summed E-state index contributed by atoms with van der Waals surface area (Å²) >= 11 is 0. The third kappa shape index (κ3) is 2.41. The Labute approximate surface area is 106 Å². The van der Waals surface area contributed by atoms with Crippen LogP contribution in [0.5, 0.6) is 0 Å². The molecule has 0 aliphatic carbocycles. The van der Waals surface area contributed by atoms with Crippen molar-refractivity contribution in [3.63, 3.8) is 0 Å². The third-order valence-corrected chi connectivity index (χ3v) is 2.92. The number of aromatic nitrogens is 3. The Bertz CT molecular complexity index is 536. The van der Waals surface area contributed by atoms with E-state index in [4.69, 9.17) is 0 Å². The average Bonchev–Trinajstić information content (AvgIpc) is 2.73. The van der Waals surface area contributed by atoms with Crippen molar-refractivity contribution in [3.05, 3.63) is 47.0 Å². The number of hydrogen-bond acceptors (Lipinski definition) is 3. The Morgan fingerprint density at radius 1 is 1.44 bits per heavy atom. The minimum absolute atomic E-state index is 0.206. The monoisotopic (exact) mass is 248 g/mol. The second-order valence-electron chi connectivity index (χ2n) is 4.30. The highest BCUT2D eigenvalue weighted by atomic mass is 19.1. The molecule has 1 atom stereocenters. The maximum absolute atomic E-state index is 14.1. The zero-order valence-electron chi connectivity index (χ0n) is 10.8. The number of benzene rings is 1. The molecular weight excluding hydrogens is 231 g/mol. The molecule has 1 aromatic carbocycles. The molecular formula is C13H17FN4. The highest BCUT2D eigenvalue weighted by Gasteiger charge is 2.20. The SMILES string of the molecule is CCNC(c1ccc(C)cc1F)c1cnnn1C. The number of halogens is 1. The first kappa shape index (κ1) is 12.7. The molecule has 0 aliphatic rings. The first-order valence-electron chi connectivity index (χ1n) is 5.97. The zero-order valence-corrected chi connectivity index (χ0v) is 10.8. The summed E-state index contributed by atoms with van der Waals surface area (Å²) in [5, 5.41) is 11.0. The molecule has 18 heavy (non-hydrogen) atoms. The summed E-state index contributed by atoms with van der Waals surface area (Å²) in [5.74, 6) is -0.206. The number of nitrogens with one attached hydrogen (secondary N) is 1. The molecule has 0 spiro atoms. The van der Waals surface area contributed by atoms with Crippen molar-refractivity contribution in [2.75, 3.05) is 6.54 Å². The Hall–Kier alpha value is -1.75. The van der Waals surface area contributed by atoms with Gasteiger partial charge >= 0.3 is 0 Å². The van der Waals surface area contributed by atoms with E-state index < -0.39 is 0 Å². The van der Waals surface area contributed by atoms with Crippen molar-refractivity contribution in [1.29, 1.82) is 0 Å². The van der Waals surface area contributed by atoms with Gasteiger partial charge in [-0.1, -0.05) is 24.3 Å². The van der Waals surface area contributed by atoms with Crippen molar-refractivity contribution in [3.8, 4) is 0 Å². The fourth-order valence-electron chi connectivity index (χ4n) is 2.00. The Morgan fingerprint density at radius 3 is 2.78 bits per heavy atom. The lowest BCUT2D eigenvalue weighted by molar-refractivity contribution is 0.530. The summed E-state index contributed by atoms with van der Waals surface area (Å²) in [4.78, 5) is 0. The van der Waals surface area contributed by atoms with E-state index >= 15 is 0 Å². The molecule has 0 amide bonds. The minimum Gasteiger partial charge on any atom is -0.305 e. The molecule has 0 bridgehead atoms. The zero-order chi connectivity index (χ0) is 13.1. The van der Waals surface area contributed by atoms with E-state index in [1.807, 2.05) is 26.0 Å². The van der Waals surface area contributed by atoms with E-state index in [1.165, 1.54) is 0 Å². The van der Waals surface area contributed by atoms with Gasteiger partial charge in [0, 0.05) is 12.6 Å². The van der Waals surface area contributed by atoms with Crippen LogP contribution in [0, 0.1) is 12.7 Å². The van der Waals surface area contributed by atoms with Crippen LogP contribution in [0.25, 0.3) is 0 Å². The molecule has 0 radical (unpaired) electrons. The normalized spacial score (nSPS) is 12.7. The van der Waals surface area contributed by atoms with Gasteiger partial charge in [0.2, 0.25) is 0 Å². The minimum atomic E-state index is -0.226. The molecule has 1 aromatic heterocycles. The molecule has 2 rings (SSSR count). The molecule has 0 aliphatic heterocycles. The molecule has 0 saturated carbocycles. The predicted molar refractivity (Wildman–Crippen MR) is 67.7 cm³/mol. The number of rotatable bonds is 4. The highest BCUT2D eigenvalue weighted by Crippen LogP contribution is 2.24. The number of hydrogen-bond donors (Lipinski definition) is 1. The fraction of sp³-hybridized carbons (Fsp3) is 0.385. The smallest absolute Gasteiger partial charge is 0.128 e. The quantitative estimate of drug-likeness (QED) is 0.899. The standard InChI is InChI=1S/C13H17FN4/c1-4-15-13(12-8-16-17-18(12)3)10-6-5-9(2)7-11(10)14/h5-8,13,15H,4H2,1-3H3. The molecule has 0 saturated heterocycles. The molecule has 4 nitrogen and oxygen atoms in total. The van der Waals surface area contributed by atoms with Crippen molar-refractivity contribution < 1.29 is 4.39 Å². The summed E-state index contributed by atoms with van der Waals surface area (Å²) in [5.41, 5.74) is 2.38. The molecule has 96 valence electrons. The van der Waals surface area contributed by atoms with E-state index in [1.54, 1.807) is 24.0 Å². The Morgan fingerprint density at radius 2 is 2.22 bits per heavy atom. The van der Waals surface area contributed by atoms with Crippen LogP contribution in [0.1, 0.15) is 29.8 Å². The van der Waals surface area contributed by atoms with Gasteiger partial charge in [-0.3, -0.25) is 4.68 Å². The largest absolute Gasteiger partial charge is 0.305 e. The number of nitrogens with zero attached hydrogens (tertiary/aromatic N) is 3. The van der Waals surface area contributed by atoms with Gasteiger partial charge in [0.05, 0.1) is 17.9 Å². The summed E-state index contributed by atoms with van der Waals surface area (Å²) in [6.45, 7) is 4.60. The van der Waals surface area contributed by atoms with Crippen LogP contribution >= 0.6 is 0 Å². The van der Waals surface area contributed by atoms with E-state index in [9.17, 15) is 4.39 Å². The van der Waals surface area contributed by atoms with Gasteiger partial charge in [0.25, 0.3) is 0 Å². The van der Waals surface area contributed by atoms with Gasteiger partial charge in [-0.25, -0.2) is 4.39 Å². The van der Waals surface area contributed by atoms with Crippen molar-refractivity contribution in [2.24, 2.45) is 7.05 Å². The van der Waals surface area contributed by atoms with Crippen LogP contribution in [0.15, 0.2) is 24.4 Å². The Kier molecular flexibility index (Phi) is 3.72. The van der Waals surface area contributed by atoms with E-state index in [0.29, 0.717) is 5.56 Å². The van der Waals surface area contributed by atoms with Gasteiger partial charge in [-0.15, -0.1) is 5.10 Å². The Balaban J connectivity index is 2.45. The van der Waals surface area contributed by atoms with Crippen LogP contribution in [0.3, 0.4) is 0 Å². The first-order chi connectivity index (χ1) is 8.63. The molecule has 1 heterocycles. The van der Waals surface area contributed by atoms with E-state index in [0.717, 1.165) is 17.8 Å². The third-order valence-electron chi connectivity index (χ3n) is 2.92. The van der Waals surface area contributed by atoms with Crippen LogP contribution < -0.4 is 5.32 Å². The van der Waals surface area contributed by atoms with Gasteiger partial charge in [0.15, 0.2) is 0 Å². The summed E-state index contributed by atoms with van der Waals surface area (Å²) in [6, 6.07) is 5.04. The predicted octanol–water partition coefficient (Wildman–Crippen LogP) is 1.96. The fourth-order valence-corrected chi connectivity index (χ4v) is 2.00. The van der Waals surface area contributed by atoms with Crippen molar-refractivity contribution in [1.82, 2.24) is 20.3 Å². The molecule has 0 fully saturated rings. The van der Waals surface area contributed by atoms with Crippen LogP contribution in [-0.4, -0.2) is 21.5 Å². The molecule has 1 N–H and O–H groups in total. The van der Waals surface area contributed by atoms with Gasteiger partial charge < -0.3 is 5.32 Å². The van der Waals surface area contributed by atoms with Crippen LogP contribution in [0.4, 0.5) is 4.39 Å². The number of aryl methyl sites for hydroxylation is 2. The van der Waals surface area contributed by atoms with Crippen molar-refractivity contribution in [2.45, 2.75) is 19.9 Å². The van der Waals surface area contributed by atoms with Crippen LogP contribution in [-0.2, 0) is 7.05 Å².